The Morgan fingerprint density at radius 3 is 2.41 bits per heavy atom. The van der Waals surface area contributed by atoms with Crippen LogP contribution in [0.25, 0.3) is 0 Å². The van der Waals surface area contributed by atoms with Crippen molar-refractivity contribution < 1.29 is 17.9 Å². The quantitative estimate of drug-likeness (QED) is 0.273. The van der Waals surface area contributed by atoms with Crippen molar-refractivity contribution in [2.45, 2.75) is 38.2 Å². The normalized spacial score (nSPS) is 14.0. The van der Waals surface area contributed by atoms with Crippen LogP contribution < -0.4 is 10.6 Å². The third-order valence-electron chi connectivity index (χ3n) is 4.28. The molecule has 1 aromatic carbocycles. The Hall–Kier alpha value is -1.59. The third kappa shape index (κ3) is 7.31. The van der Waals surface area contributed by atoms with Crippen molar-refractivity contribution in [1.82, 2.24) is 10.6 Å². The van der Waals surface area contributed by atoms with Gasteiger partial charge in [0.05, 0.1) is 17.2 Å². The van der Waals surface area contributed by atoms with Gasteiger partial charge in [0.1, 0.15) is 17.1 Å². The second-order valence-electron chi connectivity index (χ2n) is 6.85. The summed E-state index contributed by atoms with van der Waals surface area (Å²) in [5, 5.41) is 16.9. The second kappa shape index (κ2) is 11.0. The lowest BCUT2D eigenvalue weighted by Crippen LogP contribution is -2.40. The first-order valence-corrected chi connectivity index (χ1v) is 10.9. The summed E-state index contributed by atoms with van der Waals surface area (Å²) in [6, 6.07) is 10.2. The lowest BCUT2D eigenvalue weighted by molar-refractivity contribution is 0.0657. The highest BCUT2D eigenvalue weighted by atomic mass is 127. The van der Waals surface area contributed by atoms with E-state index in [0.717, 1.165) is 5.76 Å². The third-order valence-corrected chi connectivity index (χ3v) is 6.01. The molecule has 1 aromatic heterocycles. The van der Waals surface area contributed by atoms with Crippen LogP contribution in [0.2, 0.25) is 0 Å². The number of hydrogen-bond donors (Lipinski definition) is 3. The maximum absolute atomic E-state index is 12.4. The van der Waals surface area contributed by atoms with Gasteiger partial charge in [-0.3, -0.25) is 0 Å². The van der Waals surface area contributed by atoms with Crippen molar-refractivity contribution in [3.05, 3.63) is 53.5 Å². The number of guanidine groups is 1. The van der Waals surface area contributed by atoms with E-state index in [2.05, 4.69) is 15.6 Å². The highest BCUT2D eigenvalue weighted by molar-refractivity contribution is 14.0. The standard InChI is InChI=1S/C20H29N3O4S.HI/c1-5-21-19(22-11-12-28(25,26)17-9-7-6-8-10-17)23-14-20(4,24)18-13-15(2)27-16(18)3;/h6-10,13,24H,5,11-12,14H2,1-4H3,(H2,21,22,23);1H. The summed E-state index contributed by atoms with van der Waals surface area (Å²) in [6.45, 7) is 8.15. The number of rotatable bonds is 8. The molecule has 29 heavy (non-hydrogen) atoms. The fraction of sp³-hybridized carbons (Fsp3) is 0.450. The summed E-state index contributed by atoms with van der Waals surface area (Å²) < 4.78 is 30.2. The van der Waals surface area contributed by atoms with Gasteiger partial charge in [0.15, 0.2) is 15.8 Å². The van der Waals surface area contributed by atoms with Crippen LogP contribution in [-0.2, 0) is 15.4 Å². The van der Waals surface area contributed by atoms with E-state index in [0.29, 0.717) is 28.7 Å². The monoisotopic (exact) mass is 535 g/mol. The van der Waals surface area contributed by atoms with Crippen LogP contribution >= 0.6 is 24.0 Å². The summed E-state index contributed by atoms with van der Waals surface area (Å²) in [4.78, 5) is 4.71. The molecule has 2 rings (SSSR count). The zero-order chi connectivity index (χ0) is 20.8. The van der Waals surface area contributed by atoms with E-state index < -0.39 is 15.4 Å². The Morgan fingerprint density at radius 1 is 1.21 bits per heavy atom. The Kier molecular flexibility index (Phi) is 9.63. The number of aliphatic hydroxyl groups is 1. The molecule has 0 saturated heterocycles. The molecule has 0 bridgehead atoms. The van der Waals surface area contributed by atoms with E-state index in [-0.39, 0.29) is 42.8 Å². The van der Waals surface area contributed by atoms with Crippen molar-refractivity contribution in [3.8, 4) is 0 Å². The SMILES string of the molecule is CCNC(=NCC(C)(O)c1cc(C)oc1C)NCCS(=O)(=O)c1ccccc1.I. The molecule has 0 fully saturated rings. The molecular weight excluding hydrogens is 505 g/mol. The van der Waals surface area contributed by atoms with Gasteiger partial charge in [-0.15, -0.1) is 24.0 Å². The zero-order valence-corrected chi connectivity index (χ0v) is 20.4. The summed E-state index contributed by atoms with van der Waals surface area (Å²) in [5.41, 5.74) is -0.503. The molecule has 2 aromatic rings. The number of nitrogens with one attached hydrogen (secondary N) is 2. The molecule has 0 amide bonds. The van der Waals surface area contributed by atoms with E-state index >= 15 is 0 Å². The van der Waals surface area contributed by atoms with E-state index in [1.54, 1.807) is 50.2 Å². The maximum Gasteiger partial charge on any atom is 0.191 e. The van der Waals surface area contributed by atoms with Crippen LogP contribution in [0.3, 0.4) is 0 Å². The molecule has 3 N–H and O–H groups in total. The minimum absolute atomic E-state index is 0. The van der Waals surface area contributed by atoms with Crippen molar-refractivity contribution in [3.63, 3.8) is 0 Å². The molecule has 0 radical (unpaired) electrons. The average Bonchev–Trinajstić information content (AvgIpc) is 2.99. The smallest absolute Gasteiger partial charge is 0.191 e. The topological polar surface area (TPSA) is 104 Å². The van der Waals surface area contributed by atoms with Crippen molar-refractivity contribution in [1.29, 1.82) is 0 Å². The molecule has 0 aliphatic carbocycles. The Labute approximate surface area is 189 Å². The summed E-state index contributed by atoms with van der Waals surface area (Å²) >= 11 is 0. The lowest BCUT2D eigenvalue weighted by atomic mass is 9.96. The van der Waals surface area contributed by atoms with Gasteiger partial charge in [0.25, 0.3) is 0 Å². The molecule has 0 aliphatic rings. The van der Waals surface area contributed by atoms with Gasteiger partial charge < -0.3 is 20.2 Å². The predicted octanol–water partition coefficient (Wildman–Crippen LogP) is 2.75. The van der Waals surface area contributed by atoms with Gasteiger partial charge in [-0.25, -0.2) is 13.4 Å². The van der Waals surface area contributed by atoms with E-state index in [1.165, 1.54) is 0 Å². The predicted molar refractivity (Wildman–Crippen MR) is 126 cm³/mol. The van der Waals surface area contributed by atoms with E-state index in [1.807, 2.05) is 13.8 Å². The van der Waals surface area contributed by atoms with Crippen molar-refractivity contribution in [2.75, 3.05) is 25.4 Å². The van der Waals surface area contributed by atoms with Gasteiger partial charge in [-0.2, -0.15) is 0 Å². The highest BCUT2D eigenvalue weighted by Gasteiger charge is 2.27. The number of sulfone groups is 1. The molecule has 7 nitrogen and oxygen atoms in total. The molecule has 162 valence electrons. The Balaban J connectivity index is 0.00000420. The molecule has 0 spiro atoms. The summed E-state index contributed by atoms with van der Waals surface area (Å²) in [6.07, 6.45) is 0. The first-order valence-electron chi connectivity index (χ1n) is 9.25. The summed E-state index contributed by atoms with van der Waals surface area (Å²) in [5.74, 6) is 1.78. The van der Waals surface area contributed by atoms with Gasteiger partial charge in [-0.05, 0) is 45.9 Å². The second-order valence-corrected chi connectivity index (χ2v) is 8.96. The fourth-order valence-electron chi connectivity index (χ4n) is 2.87. The van der Waals surface area contributed by atoms with Crippen LogP contribution in [0.15, 0.2) is 50.7 Å². The van der Waals surface area contributed by atoms with Gasteiger partial charge in [0, 0.05) is 18.7 Å². The largest absolute Gasteiger partial charge is 0.466 e. The molecular formula is C20H30IN3O4S. The van der Waals surface area contributed by atoms with Crippen LogP contribution in [0, 0.1) is 13.8 Å². The van der Waals surface area contributed by atoms with Gasteiger partial charge in [0.2, 0.25) is 0 Å². The number of benzene rings is 1. The van der Waals surface area contributed by atoms with E-state index in [4.69, 9.17) is 4.42 Å². The molecule has 1 atom stereocenters. The fourth-order valence-corrected chi connectivity index (χ4v) is 4.05. The minimum Gasteiger partial charge on any atom is -0.466 e. The van der Waals surface area contributed by atoms with Crippen LogP contribution in [0.5, 0.6) is 0 Å². The number of aryl methyl sites for hydroxylation is 2. The van der Waals surface area contributed by atoms with Crippen molar-refractivity contribution in [2.24, 2.45) is 4.99 Å². The Morgan fingerprint density at radius 2 is 1.86 bits per heavy atom. The highest BCUT2D eigenvalue weighted by Crippen LogP contribution is 2.27. The van der Waals surface area contributed by atoms with Crippen LogP contribution in [0.1, 0.15) is 30.9 Å². The number of hydrogen-bond acceptors (Lipinski definition) is 5. The number of furan rings is 1. The average molecular weight is 535 g/mol. The summed E-state index contributed by atoms with van der Waals surface area (Å²) in [7, 11) is -3.37. The first-order chi connectivity index (χ1) is 13.2. The maximum atomic E-state index is 12.4. The van der Waals surface area contributed by atoms with Crippen LogP contribution in [0.4, 0.5) is 0 Å². The molecule has 0 saturated carbocycles. The minimum atomic E-state index is -3.37. The van der Waals surface area contributed by atoms with Crippen LogP contribution in [-0.4, -0.2) is 44.9 Å². The Bertz CT molecular complexity index is 909. The molecule has 9 heteroatoms. The van der Waals surface area contributed by atoms with Gasteiger partial charge in [-0.1, -0.05) is 18.2 Å². The number of aliphatic imine (C=N–C) groups is 1. The first kappa shape index (κ1) is 25.4. The van der Waals surface area contributed by atoms with E-state index in [9.17, 15) is 13.5 Å². The molecule has 1 unspecified atom stereocenters. The lowest BCUT2D eigenvalue weighted by Gasteiger charge is -2.21. The number of nitrogens with zero attached hydrogens (tertiary/aromatic N) is 1. The number of halogens is 1. The molecule has 0 aliphatic heterocycles. The van der Waals surface area contributed by atoms with Gasteiger partial charge >= 0.3 is 0 Å². The molecule has 1 heterocycles. The zero-order valence-electron chi connectivity index (χ0n) is 17.2. The van der Waals surface area contributed by atoms with Crippen molar-refractivity contribution >= 4 is 39.8 Å².